The smallest absolute Gasteiger partial charge is 0.339 e. The molecule has 226 valence electrons. The van der Waals surface area contributed by atoms with E-state index in [1.165, 1.54) is 6.07 Å². The Labute approximate surface area is 248 Å². The number of hydrogen-bond donors (Lipinski definition) is 0. The molecule has 0 N–H and O–H groups in total. The number of rotatable bonds is 17. The Kier molecular flexibility index (Phi) is 14.5. The van der Waals surface area contributed by atoms with Gasteiger partial charge < -0.3 is 14.0 Å². The van der Waals surface area contributed by atoms with Gasteiger partial charge in [0, 0.05) is 10.5 Å². The summed E-state index contributed by atoms with van der Waals surface area (Å²) in [6.07, 6.45) is 8.53. The van der Waals surface area contributed by atoms with Crippen molar-refractivity contribution in [3.05, 3.63) is 65.2 Å². The van der Waals surface area contributed by atoms with Crippen molar-refractivity contribution in [3.8, 4) is 0 Å². The summed E-state index contributed by atoms with van der Waals surface area (Å²) >= 11 is 1.57. The highest BCUT2D eigenvalue weighted by Gasteiger charge is 2.25. The number of carbonyl (C=O) groups excluding carboxylic acids is 2. The van der Waals surface area contributed by atoms with Gasteiger partial charge in [-0.1, -0.05) is 64.2 Å². The highest BCUT2D eigenvalue weighted by atomic mass is 32.2. The number of thioether (sulfide) groups is 1. The molecule has 2 aromatic rings. The Hall–Kier alpha value is -2.71. The van der Waals surface area contributed by atoms with Gasteiger partial charge in [0.2, 0.25) is 0 Å². The molecule has 0 heterocycles. The normalized spacial score (nSPS) is 13.0. The van der Waals surface area contributed by atoms with Crippen LogP contribution in [0.15, 0.2) is 47.4 Å². The highest BCUT2D eigenvalue weighted by molar-refractivity contribution is 7.98. The van der Waals surface area contributed by atoms with Gasteiger partial charge in [-0.2, -0.15) is 0 Å². The minimum Gasteiger partial charge on any atom is -0.461 e. The number of unbranched alkanes of at least 4 members (excludes halogenated alkanes) is 3. The van der Waals surface area contributed by atoms with Gasteiger partial charge in [-0.3, -0.25) is 4.79 Å². The van der Waals surface area contributed by atoms with Crippen LogP contribution in [0.25, 0.3) is 11.1 Å². The maximum atomic E-state index is 14.4. The molecule has 0 bridgehead atoms. The molecular weight excluding hydrogens is 544 g/mol. The van der Waals surface area contributed by atoms with Crippen LogP contribution in [0.2, 0.25) is 0 Å². The van der Waals surface area contributed by atoms with Crippen molar-refractivity contribution in [1.29, 1.82) is 0 Å². The fourth-order valence-electron chi connectivity index (χ4n) is 4.45. The van der Waals surface area contributed by atoms with Crippen molar-refractivity contribution < 1.29 is 32.3 Å². The second-order valence-electron chi connectivity index (χ2n) is 11.3. The van der Waals surface area contributed by atoms with E-state index in [2.05, 4.69) is 6.92 Å². The van der Waals surface area contributed by atoms with Gasteiger partial charge in [0.1, 0.15) is 19.8 Å². The predicted molar refractivity (Wildman–Crippen MR) is 163 cm³/mol. The van der Waals surface area contributed by atoms with E-state index in [0.717, 1.165) is 62.0 Å². The average Bonchev–Trinajstić information content (AvgIpc) is 2.93. The summed E-state index contributed by atoms with van der Waals surface area (Å²) in [6, 6.07) is 10.8. The molecule has 2 aromatic carbocycles. The molecule has 0 fully saturated rings. The molecule has 0 aliphatic heterocycles. The lowest BCUT2D eigenvalue weighted by molar-refractivity contribution is -0.870. The van der Waals surface area contributed by atoms with Crippen molar-refractivity contribution in [2.24, 2.45) is 5.92 Å². The Morgan fingerprint density at radius 2 is 1.54 bits per heavy atom. The van der Waals surface area contributed by atoms with E-state index < -0.39 is 17.6 Å². The number of quaternary nitrogens is 1. The third-order valence-electron chi connectivity index (χ3n) is 6.88. The first-order valence-electron chi connectivity index (χ1n) is 14.5. The number of halogens is 2. The molecule has 0 spiro atoms. The van der Waals surface area contributed by atoms with E-state index in [-0.39, 0.29) is 36.2 Å². The molecule has 1 atom stereocenters. The third-order valence-corrected chi connectivity index (χ3v) is 7.63. The summed E-state index contributed by atoms with van der Waals surface area (Å²) in [6.45, 7) is 4.67. The Balaban J connectivity index is 2.53. The van der Waals surface area contributed by atoms with Gasteiger partial charge in [0.05, 0.1) is 32.6 Å². The third kappa shape index (κ3) is 11.6. The van der Waals surface area contributed by atoms with E-state index in [0.29, 0.717) is 22.2 Å². The number of hydrogen-bond acceptors (Lipinski definition) is 5. The van der Waals surface area contributed by atoms with Gasteiger partial charge in [-0.15, -0.1) is 11.8 Å². The van der Waals surface area contributed by atoms with Crippen LogP contribution >= 0.6 is 11.8 Å². The van der Waals surface area contributed by atoms with Gasteiger partial charge in [-0.05, 0) is 54.5 Å². The second-order valence-corrected chi connectivity index (χ2v) is 12.2. The molecule has 0 aromatic heterocycles. The zero-order valence-electron chi connectivity index (χ0n) is 25.4. The van der Waals surface area contributed by atoms with E-state index in [4.69, 9.17) is 9.47 Å². The van der Waals surface area contributed by atoms with Crippen molar-refractivity contribution in [2.45, 2.75) is 63.7 Å². The monoisotopic (exact) mass is 590 g/mol. The number of esters is 2. The van der Waals surface area contributed by atoms with Crippen LogP contribution < -0.4 is 0 Å². The standard InChI is InChI=1S/C33H46F2NO4S/c1-7-9-10-11-13-25(12-8-2)32(37)40-23-28(24-14-17-27(41-6)18-15-24)31(26-16-19-29(34)30(35)22-26)33(38)39-21-20-36(3,4)5/h14-19,22,25H,7-13,20-21,23H2,1-6H3/q+1/b31-28+. The first kappa shape index (κ1) is 34.5. The number of ether oxygens (including phenoxy) is 2. The quantitative estimate of drug-likeness (QED) is 0.0470. The Morgan fingerprint density at radius 3 is 2.12 bits per heavy atom. The van der Waals surface area contributed by atoms with Gasteiger partial charge in [0.25, 0.3) is 0 Å². The van der Waals surface area contributed by atoms with Crippen molar-refractivity contribution in [2.75, 3.05) is 47.2 Å². The van der Waals surface area contributed by atoms with Crippen LogP contribution in [0.3, 0.4) is 0 Å². The highest BCUT2D eigenvalue weighted by Crippen LogP contribution is 2.31. The summed E-state index contributed by atoms with van der Waals surface area (Å²) in [5.41, 5.74) is 1.22. The fourth-order valence-corrected chi connectivity index (χ4v) is 4.86. The molecule has 0 radical (unpaired) electrons. The molecule has 41 heavy (non-hydrogen) atoms. The average molecular weight is 591 g/mol. The maximum Gasteiger partial charge on any atom is 0.339 e. The van der Waals surface area contributed by atoms with Crippen LogP contribution in [0.1, 0.15) is 69.9 Å². The molecule has 0 saturated heterocycles. The first-order valence-corrected chi connectivity index (χ1v) is 15.7. The number of benzene rings is 2. The second kappa shape index (κ2) is 17.3. The van der Waals surface area contributed by atoms with Crippen LogP contribution in [0.5, 0.6) is 0 Å². The summed E-state index contributed by atoms with van der Waals surface area (Å²) in [5, 5.41) is 0. The molecule has 5 nitrogen and oxygen atoms in total. The topological polar surface area (TPSA) is 52.6 Å². The predicted octanol–water partition coefficient (Wildman–Crippen LogP) is 7.78. The SMILES string of the molecule is CCCCCCC(CCC)C(=O)OC/C(=C(\C(=O)OCC[N+](C)(C)C)c1ccc(F)c(F)c1)c1ccc(SC)cc1. The summed E-state index contributed by atoms with van der Waals surface area (Å²) < 4.78 is 40.4. The minimum atomic E-state index is -1.08. The minimum absolute atomic E-state index is 0.0463. The number of carbonyl (C=O) groups is 2. The molecule has 1 unspecified atom stereocenters. The number of nitrogens with zero attached hydrogens (tertiary/aromatic N) is 1. The van der Waals surface area contributed by atoms with Crippen LogP contribution in [0.4, 0.5) is 8.78 Å². The molecule has 2 rings (SSSR count). The Morgan fingerprint density at radius 1 is 0.854 bits per heavy atom. The maximum absolute atomic E-state index is 14.4. The largest absolute Gasteiger partial charge is 0.461 e. The molecule has 0 saturated carbocycles. The van der Waals surface area contributed by atoms with E-state index in [1.807, 2.05) is 58.6 Å². The fraction of sp³-hybridized carbons (Fsp3) is 0.515. The van der Waals surface area contributed by atoms with Crippen molar-refractivity contribution in [3.63, 3.8) is 0 Å². The van der Waals surface area contributed by atoms with Crippen LogP contribution in [-0.4, -0.2) is 63.6 Å². The lowest BCUT2D eigenvalue weighted by Gasteiger charge is -2.24. The summed E-state index contributed by atoms with van der Waals surface area (Å²) in [5.74, 6) is -3.34. The van der Waals surface area contributed by atoms with E-state index in [1.54, 1.807) is 11.8 Å². The zero-order chi connectivity index (χ0) is 30.4. The molecule has 0 amide bonds. The first-order chi connectivity index (χ1) is 19.5. The van der Waals surface area contributed by atoms with Crippen molar-refractivity contribution in [1.82, 2.24) is 0 Å². The number of likely N-dealkylation sites (N-methyl/N-ethyl adjacent to an activating group) is 1. The lowest BCUT2D eigenvalue weighted by Crippen LogP contribution is -2.38. The molecule has 0 aliphatic rings. The molecule has 0 aliphatic carbocycles. The van der Waals surface area contributed by atoms with Crippen LogP contribution in [-0.2, 0) is 19.1 Å². The van der Waals surface area contributed by atoms with E-state index in [9.17, 15) is 18.4 Å². The van der Waals surface area contributed by atoms with Gasteiger partial charge in [0.15, 0.2) is 11.6 Å². The zero-order valence-corrected chi connectivity index (χ0v) is 26.3. The summed E-state index contributed by atoms with van der Waals surface area (Å²) in [4.78, 5) is 27.9. The van der Waals surface area contributed by atoms with Crippen LogP contribution in [0, 0.1) is 17.6 Å². The molecular formula is C33H46F2NO4S+. The Bertz CT molecular complexity index is 1160. The van der Waals surface area contributed by atoms with Crippen molar-refractivity contribution >= 4 is 34.8 Å². The van der Waals surface area contributed by atoms with E-state index >= 15 is 0 Å². The van der Waals surface area contributed by atoms with Gasteiger partial charge >= 0.3 is 11.9 Å². The molecule has 8 heteroatoms. The summed E-state index contributed by atoms with van der Waals surface area (Å²) in [7, 11) is 5.94. The van der Waals surface area contributed by atoms with Gasteiger partial charge in [-0.25, -0.2) is 13.6 Å². The lowest BCUT2D eigenvalue weighted by atomic mass is 9.94.